The van der Waals surface area contributed by atoms with E-state index in [-0.39, 0.29) is 18.6 Å². The molecule has 38 heavy (non-hydrogen) atoms. The molecule has 2 aromatic rings. The van der Waals surface area contributed by atoms with Crippen LogP contribution in [0.2, 0.25) is 0 Å². The van der Waals surface area contributed by atoms with Crippen molar-refractivity contribution in [2.24, 2.45) is 5.10 Å². The van der Waals surface area contributed by atoms with Gasteiger partial charge in [0.05, 0.1) is 22.5 Å². The topological polar surface area (TPSA) is 127 Å². The normalized spacial score (nSPS) is 10.9. The number of hydrogen-bond acceptors (Lipinski definition) is 7. The highest BCUT2D eigenvalue weighted by atomic mass is 127. The average Bonchev–Trinajstić information content (AvgIpc) is 2.82. The SMILES string of the molecule is CCOc1cc(/C=N\NC(=O)C(=O)NCCCOC(C)C)cc(I)c1OCC(=O)Nc1cc(C)cc(C)c1. The summed E-state index contributed by atoms with van der Waals surface area (Å²) < 4.78 is 17.6. The van der Waals surface area contributed by atoms with Gasteiger partial charge >= 0.3 is 11.8 Å². The van der Waals surface area contributed by atoms with Crippen molar-refractivity contribution >= 4 is 52.2 Å². The molecule has 3 N–H and O–H groups in total. The Labute approximate surface area is 237 Å². The summed E-state index contributed by atoms with van der Waals surface area (Å²) in [5, 5.41) is 9.22. The quantitative estimate of drug-likeness (QED) is 0.101. The summed E-state index contributed by atoms with van der Waals surface area (Å²) in [5.41, 5.74) is 5.62. The fourth-order valence-corrected chi connectivity index (χ4v) is 4.12. The van der Waals surface area contributed by atoms with Crippen molar-refractivity contribution in [3.63, 3.8) is 0 Å². The molecule has 10 nitrogen and oxygen atoms in total. The van der Waals surface area contributed by atoms with Crippen LogP contribution in [0, 0.1) is 17.4 Å². The molecule has 0 aliphatic rings. The van der Waals surface area contributed by atoms with E-state index in [1.54, 1.807) is 12.1 Å². The second kappa shape index (κ2) is 15.9. The maximum atomic E-state index is 12.5. The summed E-state index contributed by atoms with van der Waals surface area (Å²) >= 11 is 2.07. The second-order valence-corrected chi connectivity index (χ2v) is 9.87. The highest BCUT2D eigenvalue weighted by Crippen LogP contribution is 2.34. The summed E-state index contributed by atoms with van der Waals surface area (Å²) in [4.78, 5) is 36.3. The van der Waals surface area contributed by atoms with E-state index in [2.05, 4.69) is 43.8 Å². The van der Waals surface area contributed by atoms with E-state index in [1.807, 2.05) is 52.8 Å². The van der Waals surface area contributed by atoms with E-state index in [0.29, 0.717) is 52.5 Å². The van der Waals surface area contributed by atoms with Gasteiger partial charge in [-0.2, -0.15) is 5.10 Å². The number of amides is 3. The van der Waals surface area contributed by atoms with Crippen LogP contribution < -0.4 is 25.5 Å². The maximum absolute atomic E-state index is 12.5. The van der Waals surface area contributed by atoms with Gasteiger partial charge < -0.3 is 24.8 Å². The van der Waals surface area contributed by atoms with E-state index < -0.39 is 11.8 Å². The number of benzene rings is 2. The average molecular weight is 639 g/mol. The zero-order valence-corrected chi connectivity index (χ0v) is 24.5. The van der Waals surface area contributed by atoms with Crippen molar-refractivity contribution in [3.05, 3.63) is 50.6 Å². The third-order valence-electron chi connectivity index (χ3n) is 4.83. The number of rotatable bonds is 13. The van der Waals surface area contributed by atoms with E-state index >= 15 is 0 Å². The van der Waals surface area contributed by atoms with E-state index in [9.17, 15) is 14.4 Å². The molecule has 206 valence electrons. The number of nitrogens with zero attached hydrogens (tertiary/aromatic N) is 1. The largest absolute Gasteiger partial charge is 0.490 e. The fourth-order valence-electron chi connectivity index (χ4n) is 3.34. The molecule has 0 saturated heterocycles. The zero-order valence-electron chi connectivity index (χ0n) is 22.4. The first-order valence-electron chi connectivity index (χ1n) is 12.3. The molecular weight excluding hydrogens is 603 g/mol. The Morgan fingerprint density at radius 3 is 2.39 bits per heavy atom. The van der Waals surface area contributed by atoms with Crippen LogP contribution in [-0.4, -0.2) is 56.4 Å². The number of hydrogen-bond donors (Lipinski definition) is 3. The van der Waals surface area contributed by atoms with Gasteiger partial charge in [-0.25, -0.2) is 5.43 Å². The first-order chi connectivity index (χ1) is 18.1. The smallest absolute Gasteiger partial charge is 0.329 e. The van der Waals surface area contributed by atoms with E-state index in [4.69, 9.17) is 14.2 Å². The standard InChI is InChI=1S/C27H35IN4O6/c1-6-36-23-14-20(15-30-32-27(35)26(34)29-8-7-9-37-17(2)3)13-22(28)25(23)38-16-24(33)31-21-11-18(4)10-19(5)12-21/h10-15,17H,6-9,16H2,1-5H3,(H,29,34)(H,31,33)(H,32,35)/b30-15-. The van der Waals surface area contributed by atoms with Crippen LogP contribution in [0.1, 0.15) is 43.9 Å². The van der Waals surface area contributed by atoms with Gasteiger partial charge in [0.25, 0.3) is 5.91 Å². The van der Waals surface area contributed by atoms with Crippen LogP contribution in [0.4, 0.5) is 5.69 Å². The summed E-state index contributed by atoms with van der Waals surface area (Å²) in [6, 6.07) is 9.23. The Kier molecular flexibility index (Phi) is 13.0. The number of halogens is 1. The Morgan fingerprint density at radius 1 is 1.03 bits per heavy atom. The third kappa shape index (κ3) is 11.1. The second-order valence-electron chi connectivity index (χ2n) is 8.70. The Hall–Kier alpha value is -3.19. The third-order valence-corrected chi connectivity index (χ3v) is 5.63. The molecule has 11 heteroatoms. The number of carbonyl (C=O) groups is 3. The molecule has 0 bridgehead atoms. The number of ether oxygens (including phenoxy) is 3. The van der Waals surface area contributed by atoms with Crippen LogP contribution in [0.5, 0.6) is 11.5 Å². The summed E-state index contributed by atoms with van der Waals surface area (Å²) in [7, 11) is 0. The lowest BCUT2D eigenvalue weighted by Gasteiger charge is -2.15. The molecule has 2 rings (SSSR count). The van der Waals surface area contributed by atoms with Gasteiger partial charge in [0, 0.05) is 18.8 Å². The number of nitrogens with one attached hydrogen (secondary N) is 3. The molecule has 2 aromatic carbocycles. The lowest BCUT2D eigenvalue weighted by atomic mass is 10.1. The van der Waals surface area contributed by atoms with Crippen molar-refractivity contribution in [1.82, 2.24) is 10.7 Å². The molecule has 3 amide bonds. The molecule has 0 fully saturated rings. The number of carbonyl (C=O) groups excluding carboxylic acids is 3. The first-order valence-corrected chi connectivity index (χ1v) is 13.4. The zero-order chi connectivity index (χ0) is 28.1. The highest BCUT2D eigenvalue weighted by molar-refractivity contribution is 14.1. The molecule has 0 unspecified atom stereocenters. The highest BCUT2D eigenvalue weighted by Gasteiger charge is 2.15. The molecule has 0 aliphatic heterocycles. The van der Waals surface area contributed by atoms with E-state index in [1.165, 1.54) is 6.21 Å². The molecular formula is C27H35IN4O6. The van der Waals surface area contributed by atoms with Gasteiger partial charge in [0.15, 0.2) is 18.1 Å². The van der Waals surface area contributed by atoms with Gasteiger partial charge in [-0.15, -0.1) is 0 Å². The van der Waals surface area contributed by atoms with Crippen LogP contribution in [0.25, 0.3) is 0 Å². The summed E-state index contributed by atoms with van der Waals surface area (Å²) in [6.07, 6.45) is 2.10. The van der Waals surface area contributed by atoms with Crippen molar-refractivity contribution < 1.29 is 28.6 Å². The van der Waals surface area contributed by atoms with Crippen LogP contribution in [0.3, 0.4) is 0 Å². The van der Waals surface area contributed by atoms with Crippen LogP contribution in [-0.2, 0) is 19.1 Å². The molecule has 0 radical (unpaired) electrons. The molecule has 0 aromatic heterocycles. The Balaban J connectivity index is 1.94. The van der Waals surface area contributed by atoms with Crippen LogP contribution >= 0.6 is 22.6 Å². The predicted octanol–water partition coefficient (Wildman–Crippen LogP) is 3.71. The lowest BCUT2D eigenvalue weighted by Crippen LogP contribution is -2.38. The van der Waals surface area contributed by atoms with Crippen molar-refractivity contribution in [1.29, 1.82) is 0 Å². The first kappa shape index (κ1) is 31.0. The number of hydrazone groups is 1. The van der Waals surface area contributed by atoms with Gasteiger partial charge in [-0.3, -0.25) is 14.4 Å². The minimum Gasteiger partial charge on any atom is -0.490 e. The monoisotopic (exact) mass is 638 g/mol. The van der Waals surface area contributed by atoms with Gasteiger partial charge in [-0.05, 0) is 105 Å². The van der Waals surface area contributed by atoms with E-state index in [0.717, 1.165) is 11.1 Å². The fraction of sp³-hybridized carbons (Fsp3) is 0.407. The molecule has 0 saturated carbocycles. The maximum Gasteiger partial charge on any atom is 0.329 e. The van der Waals surface area contributed by atoms with Gasteiger partial charge in [-0.1, -0.05) is 6.07 Å². The summed E-state index contributed by atoms with van der Waals surface area (Å²) in [6.45, 7) is 10.6. The molecule has 0 heterocycles. The molecule has 0 aliphatic carbocycles. The van der Waals surface area contributed by atoms with Crippen molar-refractivity contribution in [2.75, 3.05) is 31.7 Å². The van der Waals surface area contributed by atoms with Crippen molar-refractivity contribution in [2.45, 2.75) is 47.1 Å². The summed E-state index contributed by atoms with van der Waals surface area (Å²) in [5.74, 6) is -1.11. The van der Waals surface area contributed by atoms with Crippen molar-refractivity contribution in [3.8, 4) is 11.5 Å². The minimum absolute atomic E-state index is 0.114. The number of anilines is 1. The Morgan fingerprint density at radius 2 is 1.74 bits per heavy atom. The lowest BCUT2D eigenvalue weighted by molar-refractivity contribution is -0.139. The van der Waals surface area contributed by atoms with Crippen LogP contribution in [0.15, 0.2) is 35.4 Å². The van der Waals surface area contributed by atoms with Gasteiger partial charge in [0.2, 0.25) is 0 Å². The molecule has 0 spiro atoms. The number of aryl methyl sites for hydroxylation is 2. The Bertz CT molecular complexity index is 1130. The van der Waals surface area contributed by atoms with Gasteiger partial charge in [0.1, 0.15) is 0 Å². The molecule has 0 atom stereocenters. The predicted molar refractivity (Wildman–Crippen MR) is 155 cm³/mol. The minimum atomic E-state index is -0.875.